The molecule has 142 valence electrons. The van der Waals surface area contributed by atoms with Crippen LogP contribution < -0.4 is 5.32 Å². The molecule has 0 radical (unpaired) electrons. The normalized spacial score (nSPS) is 17.6. The summed E-state index contributed by atoms with van der Waals surface area (Å²) in [5.41, 5.74) is 1.17. The van der Waals surface area contributed by atoms with Gasteiger partial charge in [-0.1, -0.05) is 18.5 Å². The summed E-state index contributed by atoms with van der Waals surface area (Å²) in [4.78, 5) is 7.14. The molecule has 0 unspecified atom stereocenters. The van der Waals surface area contributed by atoms with Gasteiger partial charge >= 0.3 is 0 Å². The molecule has 1 fully saturated rings. The average molecular weight is 387 g/mol. The lowest BCUT2D eigenvalue weighted by Gasteiger charge is -2.35. The van der Waals surface area contributed by atoms with E-state index in [9.17, 15) is 0 Å². The molecule has 25 heavy (non-hydrogen) atoms. The third kappa shape index (κ3) is 5.83. The Morgan fingerprint density at radius 1 is 1.44 bits per heavy atom. The van der Waals surface area contributed by atoms with Crippen molar-refractivity contribution < 1.29 is 4.74 Å². The predicted octanol–water partition coefficient (Wildman–Crippen LogP) is 3.38. The van der Waals surface area contributed by atoms with Gasteiger partial charge in [0.15, 0.2) is 5.96 Å². The number of rotatable bonds is 7. The monoisotopic (exact) mass is 386 g/mol. The van der Waals surface area contributed by atoms with E-state index in [1.165, 1.54) is 5.69 Å². The highest BCUT2D eigenvalue weighted by atomic mass is 35.5. The van der Waals surface area contributed by atoms with Gasteiger partial charge in [0.1, 0.15) is 0 Å². The molecule has 0 saturated carbocycles. The highest BCUT2D eigenvalue weighted by molar-refractivity contribution is 8.00. The maximum atomic E-state index is 6.11. The molecule has 0 atom stereocenters. The third-order valence-electron chi connectivity index (χ3n) is 4.54. The first-order chi connectivity index (χ1) is 12.0. The van der Waals surface area contributed by atoms with Gasteiger partial charge in [-0.2, -0.15) is 11.8 Å². The van der Waals surface area contributed by atoms with Gasteiger partial charge in [-0.05, 0) is 31.6 Å². The highest BCUT2D eigenvalue weighted by Gasteiger charge is 2.32. The van der Waals surface area contributed by atoms with Crippen molar-refractivity contribution in [2.75, 3.05) is 39.1 Å². The molecule has 1 aromatic heterocycles. The molecule has 0 aliphatic carbocycles. The van der Waals surface area contributed by atoms with Gasteiger partial charge in [-0.15, -0.1) is 0 Å². The summed E-state index contributed by atoms with van der Waals surface area (Å²) in [6.07, 6.45) is 4.08. The van der Waals surface area contributed by atoms with Crippen molar-refractivity contribution in [3.63, 3.8) is 0 Å². The van der Waals surface area contributed by atoms with Crippen LogP contribution in [0, 0.1) is 0 Å². The second-order valence-electron chi connectivity index (χ2n) is 6.52. The topological polar surface area (TPSA) is 41.8 Å². The van der Waals surface area contributed by atoms with Gasteiger partial charge in [-0.25, -0.2) is 0 Å². The van der Waals surface area contributed by atoms with Crippen LogP contribution in [-0.4, -0.2) is 59.3 Å². The Hall–Kier alpha value is -0.850. The number of hydrogen-bond acceptors (Lipinski definition) is 3. The van der Waals surface area contributed by atoms with Gasteiger partial charge in [0.05, 0.1) is 18.1 Å². The van der Waals surface area contributed by atoms with Crippen molar-refractivity contribution in [3.05, 3.63) is 23.0 Å². The van der Waals surface area contributed by atoms with Crippen LogP contribution in [0.3, 0.4) is 0 Å². The van der Waals surface area contributed by atoms with Crippen molar-refractivity contribution in [1.29, 1.82) is 0 Å². The minimum Gasteiger partial charge on any atom is -0.381 e. The number of hydrogen-bond donors (Lipinski definition) is 1. The summed E-state index contributed by atoms with van der Waals surface area (Å²) in [6.45, 7) is 8.47. The number of aryl methyl sites for hydroxylation is 1. The lowest BCUT2D eigenvalue weighted by molar-refractivity contribution is 0.0793. The first kappa shape index (κ1) is 20.5. The Kier molecular flexibility index (Phi) is 7.97. The number of aromatic nitrogens is 1. The second kappa shape index (κ2) is 9.74. The number of nitrogens with zero attached hydrogens (tertiary/aromatic N) is 3. The lowest BCUT2D eigenvalue weighted by atomic mass is 9.99. The molecular weight excluding hydrogens is 356 g/mol. The van der Waals surface area contributed by atoms with Crippen LogP contribution in [0.25, 0.3) is 0 Å². The van der Waals surface area contributed by atoms with Gasteiger partial charge in [-0.3, -0.25) is 4.99 Å². The molecule has 7 heteroatoms. The molecule has 5 nitrogen and oxygen atoms in total. The smallest absolute Gasteiger partial charge is 0.194 e. The number of thioether (sulfide) groups is 1. The molecular formula is C18H31ClN4OS. The zero-order valence-corrected chi connectivity index (χ0v) is 17.4. The molecule has 1 saturated heterocycles. The zero-order valence-electron chi connectivity index (χ0n) is 15.8. The van der Waals surface area contributed by atoms with Gasteiger partial charge in [0, 0.05) is 50.5 Å². The summed E-state index contributed by atoms with van der Waals surface area (Å²) in [5.74, 6) is 2.06. The largest absolute Gasteiger partial charge is 0.381 e. The van der Waals surface area contributed by atoms with Crippen molar-refractivity contribution in [1.82, 2.24) is 14.8 Å². The molecule has 1 aliphatic heterocycles. The number of aliphatic imine (C=N–C) groups is 1. The van der Waals surface area contributed by atoms with Crippen LogP contribution in [-0.2, 0) is 18.3 Å². The number of ether oxygens (including phenoxy) is 1. The van der Waals surface area contributed by atoms with Gasteiger partial charge in [0.2, 0.25) is 0 Å². The van der Waals surface area contributed by atoms with Crippen LogP contribution in [0.5, 0.6) is 0 Å². The predicted molar refractivity (Wildman–Crippen MR) is 109 cm³/mol. The number of halogens is 1. The minimum absolute atomic E-state index is 0.211. The van der Waals surface area contributed by atoms with E-state index in [0.29, 0.717) is 0 Å². The number of nitrogens with one attached hydrogen (secondary N) is 1. The molecule has 1 aromatic rings. The van der Waals surface area contributed by atoms with E-state index in [1.807, 2.05) is 31.1 Å². The van der Waals surface area contributed by atoms with E-state index >= 15 is 0 Å². The Morgan fingerprint density at radius 3 is 2.72 bits per heavy atom. The van der Waals surface area contributed by atoms with E-state index in [-0.39, 0.29) is 4.75 Å². The van der Waals surface area contributed by atoms with E-state index in [0.717, 1.165) is 62.4 Å². The highest BCUT2D eigenvalue weighted by Crippen LogP contribution is 2.35. The summed E-state index contributed by atoms with van der Waals surface area (Å²) < 4.78 is 7.84. The van der Waals surface area contributed by atoms with E-state index in [4.69, 9.17) is 21.3 Å². The van der Waals surface area contributed by atoms with Crippen LogP contribution in [0.15, 0.2) is 17.3 Å². The van der Waals surface area contributed by atoms with E-state index in [1.54, 1.807) is 0 Å². The molecule has 0 spiro atoms. The fourth-order valence-corrected chi connectivity index (χ4v) is 4.62. The summed E-state index contributed by atoms with van der Waals surface area (Å²) in [7, 11) is 4.10. The average Bonchev–Trinajstić information content (AvgIpc) is 2.90. The molecule has 2 rings (SSSR count). The molecule has 0 aromatic carbocycles. The summed E-state index contributed by atoms with van der Waals surface area (Å²) in [5, 5.41) is 4.19. The lowest BCUT2D eigenvalue weighted by Crippen LogP contribution is -2.42. The van der Waals surface area contributed by atoms with Gasteiger partial charge < -0.3 is 19.5 Å². The van der Waals surface area contributed by atoms with Crippen LogP contribution in [0.4, 0.5) is 0 Å². The van der Waals surface area contributed by atoms with Crippen LogP contribution in [0.2, 0.25) is 5.02 Å². The molecule has 2 heterocycles. The zero-order chi connectivity index (χ0) is 18.3. The molecule has 1 aliphatic rings. The first-order valence-electron chi connectivity index (χ1n) is 9.01. The molecule has 0 amide bonds. The van der Waals surface area contributed by atoms with Gasteiger partial charge in [0.25, 0.3) is 0 Å². The van der Waals surface area contributed by atoms with Crippen molar-refractivity contribution >= 4 is 29.3 Å². The fourth-order valence-electron chi connectivity index (χ4n) is 3.13. The number of guanidine groups is 1. The van der Waals surface area contributed by atoms with Crippen molar-refractivity contribution in [2.24, 2.45) is 12.0 Å². The Bertz CT molecular complexity index is 564. The maximum absolute atomic E-state index is 6.11. The molecule has 1 N–H and O–H groups in total. The molecule has 0 bridgehead atoms. The van der Waals surface area contributed by atoms with Crippen molar-refractivity contribution in [3.8, 4) is 0 Å². The van der Waals surface area contributed by atoms with Crippen molar-refractivity contribution in [2.45, 2.75) is 38.0 Å². The van der Waals surface area contributed by atoms with Crippen LogP contribution >= 0.6 is 23.4 Å². The standard InChI is InChI=1S/C18H31ClN4OS/c1-5-20-17(23(4)13-16-11-15(19)12-22(16)3)21-14-18(25-6-2)7-9-24-10-8-18/h11-12H,5-10,13-14H2,1-4H3,(H,20,21). The quantitative estimate of drug-likeness (QED) is 0.576. The maximum Gasteiger partial charge on any atom is 0.194 e. The van der Waals surface area contributed by atoms with E-state index in [2.05, 4.69) is 35.7 Å². The minimum atomic E-state index is 0.211. The first-order valence-corrected chi connectivity index (χ1v) is 10.4. The Balaban J connectivity index is 2.09. The SMILES string of the molecule is CCNC(=NCC1(SCC)CCOCC1)N(C)Cc1cc(Cl)cn1C. The second-order valence-corrected chi connectivity index (χ2v) is 8.68. The Labute approximate surface area is 161 Å². The van der Waals surface area contributed by atoms with Crippen LogP contribution in [0.1, 0.15) is 32.4 Å². The fraction of sp³-hybridized carbons (Fsp3) is 0.722. The third-order valence-corrected chi connectivity index (χ3v) is 6.19. The summed E-state index contributed by atoms with van der Waals surface area (Å²) in [6, 6.07) is 2.01. The van der Waals surface area contributed by atoms with E-state index < -0.39 is 0 Å². The summed E-state index contributed by atoms with van der Waals surface area (Å²) >= 11 is 8.13. The Morgan fingerprint density at radius 2 is 2.16 bits per heavy atom.